The summed E-state index contributed by atoms with van der Waals surface area (Å²) in [6, 6.07) is 18.9. The molecule has 0 fully saturated rings. The molecular weight excluding hydrogens is 330 g/mol. The van der Waals surface area contributed by atoms with E-state index in [2.05, 4.69) is 5.32 Å². The number of nitrogens with one attached hydrogen (secondary N) is 1. The van der Waals surface area contributed by atoms with E-state index >= 15 is 0 Å². The van der Waals surface area contributed by atoms with Crippen molar-refractivity contribution in [2.75, 3.05) is 13.7 Å². The maximum absolute atomic E-state index is 12.0. The van der Waals surface area contributed by atoms with Gasteiger partial charge in [-0.15, -0.1) is 0 Å². The zero-order valence-electron chi connectivity index (χ0n) is 15.0. The van der Waals surface area contributed by atoms with E-state index < -0.39 is 18.1 Å². The van der Waals surface area contributed by atoms with Gasteiger partial charge >= 0.3 is 12.1 Å². The molecular formula is C21H23NO4. The summed E-state index contributed by atoms with van der Waals surface area (Å²) < 4.78 is 9.66. The number of carbonyl (C=O) groups is 2. The van der Waals surface area contributed by atoms with Crippen LogP contribution < -0.4 is 5.32 Å². The lowest BCUT2D eigenvalue weighted by atomic mass is 9.96. The van der Waals surface area contributed by atoms with Crippen molar-refractivity contribution in [2.45, 2.75) is 19.4 Å². The second kappa shape index (κ2) is 10.0. The number of benzene rings is 2. The second-order valence-electron chi connectivity index (χ2n) is 5.53. The van der Waals surface area contributed by atoms with Crippen molar-refractivity contribution in [1.29, 1.82) is 0 Å². The number of methoxy groups -OCH3 is 1. The number of carbonyl (C=O) groups excluding carboxylic acids is 2. The Labute approximate surface area is 153 Å². The highest BCUT2D eigenvalue weighted by atomic mass is 16.6. The van der Waals surface area contributed by atoms with Gasteiger partial charge in [0.25, 0.3) is 0 Å². The molecule has 5 nitrogen and oxygen atoms in total. The topological polar surface area (TPSA) is 64.6 Å². The summed E-state index contributed by atoms with van der Waals surface area (Å²) in [6.45, 7) is 1.93. The van der Waals surface area contributed by atoms with E-state index in [1.165, 1.54) is 7.11 Å². The normalized spacial score (nSPS) is 11.2. The predicted molar refractivity (Wildman–Crippen MR) is 101 cm³/mol. The highest BCUT2D eigenvalue weighted by molar-refractivity contribution is 5.83. The summed E-state index contributed by atoms with van der Waals surface area (Å²) in [5, 5.41) is 2.55. The van der Waals surface area contributed by atoms with E-state index in [1.54, 1.807) is 6.92 Å². The SMILES string of the molecule is CCOC(=O)NC(CC=C(c1ccccc1)c1ccccc1)C(=O)OC. The molecule has 26 heavy (non-hydrogen) atoms. The number of rotatable bonds is 7. The molecule has 0 aliphatic heterocycles. The predicted octanol–water partition coefficient (Wildman–Crippen LogP) is 3.80. The maximum Gasteiger partial charge on any atom is 0.407 e. The second-order valence-corrected chi connectivity index (χ2v) is 5.53. The molecule has 0 heterocycles. The summed E-state index contributed by atoms with van der Waals surface area (Å²) >= 11 is 0. The van der Waals surface area contributed by atoms with Gasteiger partial charge in [0.2, 0.25) is 0 Å². The van der Waals surface area contributed by atoms with E-state index in [0.717, 1.165) is 16.7 Å². The minimum absolute atomic E-state index is 0.231. The Morgan fingerprint density at radius 2 is 1.54 bits per heavy atom. The average molecular weight is 353 g/mol. The van der Waals surface area contributed by atoms with Crippen molar-refractivity contribution in [3.63, 3.8) is 0 Å². The third-order valence-electron chi connectivity index (χ3n) is 3.78. The minimum Gasteiger partial charge on any atom is -0.467 e. The Kier molecular flexibility index (Phi) is 7.43. The average Bonchev–Trinajstić information content (AvgIpc) is 2.68. The molecule has 0 bridgehead atoms. The smallest absolute Gasteiger partial charge is 0.407 e. The Morgan fingerprint density at radius 1 is 1.00 bits per heavy atom. The third kappa shape index (κ3) is 5.48. The van der Waals surface area contributed by atoms with Gasteiger partial charge in [0.05, 0.1) is 13.7 Å². The molecule has 2 aromatic carbocycles. The molecule has 1 unspecified atom stereocenters. The van der Waals surface area contributed by atoms with Gasteiger partial charge in [0, 0.05) is 0 Å². The molecule has 0 radical (unpaired) electrons. The Balaban J connectivity index is 2.29. The van der Waals surface area contributed by atoms with E-state index in [4.69, 9.17) is 9.47 Å². The van der Waals surface area contributed by atoms with Crippen LogP contribution in [-0.4, -0.2) is 31.8 Å². The molecule has 0 spiro atoms. The highest BCUT2D eigenvalue weighted by Gasteiger charge is 2.21. The van der Waals surface area contributed by atoms with Crippen LogP contribution in [0.2, 0.25) is 0 Å². The van der Waals surface area contributed by atoms with Crippen LogP contribution in [0.15, 0.2) is 66.7 Å². The molecule has 0 aliphatic carbocycles. The number of hydrogen-bond donors (Lipinski definition) is 1. The number of amides is 1. The molecule has 1 atom stereocenters. The van der Waals surface area contributed by atoms with Crippen LogP contribution in [0.25, 0.3) is 5.57 Å². The third-order valence-corrected chi connectivity index (χ3v) is 3.78. The molecule has 0 saturated heterocycles. The molecule has 1 amide bonds. The summed E-state index contributed by atoms with van der Waals surface area (Å²) in [5.74, 6) is -0.519. The van der Waals surface area contributed by atoms with Crippen molar-refractivity contribution in [1.82, 2.24) is 5.32 Å². The maximum atomic E-state index is 12.0. The molecule has 136 valence electrons. The Morgan fingerprint density at radius 3 is 2.00 bits per heavy atom. The van der Waals surface area contributed by atoms with Crippen LogP contribution in [0.3, 0.4) is 0 Å². The van der Waals surface area contributed by atoms with E-state index in [0.29, 0.717) is 0 Å². The molecule has 1 N–H and O–H groups in total. The van der Waals surface area contributed by atoms with E-state index in [-0.39, 0.29) is 13.0 Å². The summed E-state index contributed by atoms with van der Waals surface area (Å²) in [4.78, 5) is 23.7. The molecule has 0 saturated carbocycles. The number of ether oxygens (including phenoxy) is 2. The first-order chi connectivity index (χ1) is 12.7. The fourth-order valence-corrected chi connectivity index (χ4v) is 2.54. The molecule has 5 heteroatoms. The van der Waals surface area contributed by atoms with E-state index in [1.807, 2.05) is 66.7 Å². The number of alkyl carbamates (subject to hydrolysis) is 1. The molecule has 0 aliphatic rings. The van der Waals surface area contributed by atoms with Crippen LogP contribution >= 0.6 is 0 Å². The van der Waals surface area contributed by atoms with Crippen LogP contribution in [0.5, 0.6) is 0 Å². The quantitative estimate of drug-likeness (QED) is 0.769. The summed E-state index contributed by atoms with van der Waals surface area (Å²) in [6.07, 6.45) is 1.57. The van der Waals surface area contributed by atoms with Crippen LogP contribution in [0, 0.1) is 0 Å². The van der Waals surface area contributed by atoms with Gasteiger partial charge in [-0.25, -0.2) is 9.59 Å². The van der Waals surface area contributed by atoms with Gasteiger partial charge in [-0.3, -0.25) is 0 Å². The van der Waals surface area contributed by atoms with Gasteiger partial charge in [0.15, 0.2) is 0 Å². The lowest BCUT2D eigenvalue weighted by Crippen LogP contribution is -2.41. The van der Waals surface area contributed by atoms with Crippen molar-refractivity contribution in [3.05, 3.63) is 77.9 Å². The van der Waals surface area contributed by atoms with Gasteiger partial charge < -0.3 is 14.8 Å². The summed E-state index contributed by atoms with van der Waals surface area (Å²) in [5.41, 5.74) is 3.03. The zero-order chi connectivity index (χ0) is 18.8. The van der Waals surface area contributed by atoms with Crippen molar-refractivity contribution < 1.29 is 19.1 Å². The van der Waals surface area contributed by atoms with Gasteiger partial charge in [-0.05, 0) is 30.0 Å². The largest absolute Gasteiger partial charge is 0.467 e. The Hall–Kier alpha value is -3.08. The zero-order valence-corrected chi connectivity index (χ0v) is 15.0. The standard InChI is InChI=1S/C21H23NO4/c1-3-26-21(24)22-19(20(23)25-2)15-14-18(16-10-6-4-7-11-16)17-12-8-5-9-13-17/h4-14,19H,3,15H2,1-2H3,(H,22,24). The van der Waals surface area contributed by atoms with Gasteiger partial charge in [-0.2, -0.15) is 0 Å². The fourth-order valence-electron chi connectivity index (χ4n) is 2.54. The lowest BCUT2D eigenvalue weighted by molar-refractivity contribution is -0.142. The van der Waals surface area contributed by atoms with Crippen molar-refractivity contribution in [3.8, 4) is 0 Å². The first-order valence-electron chi connectivity index (χ1n) is 8.47. The lowest BCUT2D eigenvalue weighted by Gasteiger charge is -2.16. The van der Waals surface area contributed by atoms with Gasteiger partial charge in [0.1, 0.15) is 6.04 Å². The Bertz CT molecular complexity index is 700. The van der Waals surface area contributed by atoms with Gasteiger partial charge in [-0.1, -0.05) is 66.7 Å². The van der Waals surface area contributed by atoms with Crippen molar-refractivity contribution >= 4 is 17.6 Å². The minimum atomic E-state index is -0.818. The molecule has 2 aromatic rings. The first kappa shape index (κ1) is 19.2. The van der Waals surface area contributed by atoms with E-state index in [9.17, 15) is 9.59 Å². The van der Waals surface area contributed by atoms with Crippen molar-refractivity contribution in [2.24, 2.45) is 0 Å². The number of hydrogen-bond acceptors (Lipinski definition) is 4. The number of esters is 1. The first-order valence-corrected chi connectivity index (χ1v) is 8.47. The highest BCUT2D eigenvalue weighted by Crippen LogP contribution is 2.24. The fraction of sp³-hybridized carbons (Fsp3) is 0.238. The molecule has 2 rings (SSSR count). The van der Waals surface area contributed by atoms with Crippen LogP contribution in [0.1, 0.15) is 24.5 Å². The monoisotopic (exact) mass is 353 g/mol. The molecule has 0 aromatic heterocycles. The van der Waals surface area contributed by atoms with Crippen LogP contribution in [-0.2, 0) is 14.3 Å². The van der Waals surface area contributed by atoms with Crippen LogP contribution in [0.4, 0.5) is 4.79 Å². The summed E-state index contributed by atoms with van der Waals surface area (Å²) in [7, 11) is 1.29.